The summed E-state index contributed by atoms with van der Waals surface area (Å²) in [5, 5.41) is 0. The van der Waals surface area contributed by atoms with Gasteiger partial charge >= 0.3 is 0 Å². The minimum atomic E-state index is -4.01. The highest BCUT2D eigenvalue weighted by Gasteiger charge is 2.29. The van der Waals surface area contributed by atoms with Gasteiger partial charge in [0.05, 0.1) is 0 Å². The second-order valence-electron chi connectivity index (χ2n) is 8.89. The molecule has 29 heavy (non-hydrogen) atoms. The first-order chi connectivity index (χ1) is 13.6. The minimum Gasteiger partial charge on any atom is -0.492 e. The number of hydrogen-bond acceptors (Lipinski definition) is 4. The lowest BCUT2D eigenvalue weighted by Gasteiger charge is -2.33. The van der Waals surface area contributed by atoms with Crippen molar-refractivity contribution in [1.29, 1.82) is 0 Å². The maximum atomic E-state index is 10.8. The van der Waals surface area contributed by atoms with Crippen molar-refractivity contribution >= 4 is 10.1 Å². The van der Waals surface area contributed by atoms with Gasteiger partial charge in [0, 0.05) is 0 Å². The Balaban J connectivity index is 1.86. The summed E-state index contributed by atoms with van der Waals surface area (Å²) in [5.74, 6) is 2.48. The number of hydrogen-bond donors (Lipinski definition) is 1. The predicted octanol–water partition coefficient (Wildman–Crippen LogP) is 5.45. The van der Waals surface area contributed by atoms with Gasteiger partial charge in [-0.1, -0.05) is 46.1 Å². The highest BCUT2D eigenvalue weighted by atomic mass is 32.2. The Hall–Kier alpha value is -1.53. The first-order valence-corrected chi connectivity index (χ1v) is 12.2. The fraction of sp³-hybridized carbons (Fsp3) is 0.652. The van der Waals surface area contributed by atoms with Gasteiger partial charge in [-0.25, -0.2) is 0 Å². The van der Waals surface area contributed by atoms with Crippen LogP contribution in [0.15, 0.2) is 30.4 Å². The highest BCUT2D eigenvalue weighted by molar-refractivity contribution is 7.85. The fourth-order valence-corrected chi connectivity index (χ4v) is 3.84. The quantitative estimate of drug-likeness (QED) is 0.378. The van der Waals surface area contributed by atoms with Crippen molar-refractivity contribution in [3.63, 3.8) is 0 Å². The molecular formula is C23H36O5S. The summed E-state index contributed by atoms with van der Waals surface area (Å²) in [7, 11) is -4.01. The van der Waals surface area contributed by atoms with Crippen LogP contribution in [-0.2, 0) is 16.5 Å². The Bertz CT molecular complexity index is 784. The monoisotopic (exact) mass is 424 g/mol. The summed E-state index contributed by atoms with van der Waals surface area (Å²) >= 11 is 0. The number of rotatable bonds is 11. The maximum absolute atomic E-state index is 10.8. The minimum absolute atomic E-state index is 0.0751. The summed E-state index contributed by atoms with van der Waals surface area (Å²) in [6, 6.07) is 5.53. The smallest absolute Gasteiger partial charge is 0.268 e. The third kappa shape index (κ3) is 8.79. The van der Waals surface area contributed by atoms with E-state index in [0.29, 0.717) is 11.7 Å². The molecule has 0 aliphatic carbocycles. The van der Waals surface area contributed by atoms with E-state index in [9.17, 15) is 8.42 Å². The number of benzene rings is 1. The molecule has 0 radical (unpaired) electrons. The van der Waals surface area contributed by atoms with Gasteiger partial charge < -0.3 is 9.47 Å². The summed E-state index contributed by atoms with van der Waals surface area (Å²) in [5.41, 5.74) is 0.750. The van der Waals surface area contributed by atoms with Crippen molar-refractivity contribution in [2.24, 2.45) is 11.8 Å². The maximum Gasteiger partial charge on any atom is 0.268 e. The van der Waals surface area contributed by atoms with Crippen molar-refractivity contribution in [1.82, 2.24) is 0 Å². The lowest BCUT2D eigenvalue weighted by molar-refractivity contribution is 0.114. The van der Waals surface area contributed by atoms with Gasteiger partial charge in [0.15, 0.2) is 0 Å². The van der Waals surface area contributed by atoms with Crippen molar-refractivity contribution in [3.05, 3.63) is 35.9 Å². The largest absolute Gasteiger partial charge is 0.492 e. The van der Waals surface area contributed by atoms with Gasteiger partial charge in [0.1, 0.15) is 29.5 Å². The van der Waals surface area contributed by atoms with Crippen LogP contribution in [0, 0.1) is 11.8 Å². The zero-order valence-corrected chi connectivity index (χ0v) is 19.0. The molecule has 2 rings (SSSR count). The van der Waals surface area contributed by atoms with Crippen molar-refractivity contribution in [3.8, 4) is 11.5 Å². The Kier molecular flexibility index (Phi) is 8.58. The van der Waals surface area contributed by atoms with E-state index in [0.717, 1.165) is 36.5 Å². The van der Waals surface area contributed by atoms with E-state index in [1.807, 2.05) is 12.1 Å². The topological polar surface area (TPSA) is 72.8 Å². The molecule has 2 atom stereocenters. The van der Waals surface area contributed by atoms with Gasteiger partial charge in [0.2, 0.25) is 0 Å². The zero-order chi connectivity index (χ0) is 21.5. The third-order valence-electron chi connectivity index (χ3n) is 5.36. The van der Waals surface area contributed by atoms with E-state index in [1.165, 1.54) is 19.3 Å². The Morgan fingerprint density at radius 3 is 2.72 bits per heavy atom. The van der Waals surface area contributed by atoms with Crippen LogP contribution in [0.3, 0.4) is 0 Å². The molecule has 2 unspecified atom stereocenters. The Labute approximate surface area is 176 Å². The molecule has 1 aliphatic rings. The molecule has 1 heterocycles. The molecule has 0 amide bonds. The average molecular weight is 425 g/mol. The zero-order valence-electron chi connectivity index (χ0n) is 18.2. The van der Waals surface area contributed by atoms with Crippen LogP contribution in [0.4, 0.5) is 0 Å². The van der Waals surface area contributed by atoms with E-state index >= 15 is 0 Å². The van der Waals surface area contributed by atoms with E-state index in [1.54, 1.807) is 6.07 Å². The van der Waals surface area contributed by atoms with Crippen LogP contribution >= 0.6 is 0 Å². The molecule has 1 aromatic carbocycles. The first-order valence-electron chi connectivity index (χ1n) is 10.6. The van der Waals surface area contributed by atoms with Crippen molar-refractivity contribution < 1.29 is 22.4 Å². The summed E-state index contributed by atoms with van der Waals surface area (Å²) < 4.78 is 42.0. The molecular weight excluding hydrogens is 388 g/mol. The molecule has 0 saturated heterocycles. The molecule has 0 aromatic heterocycles. The van der Waals surface area contributed by atoms with Gasteiger partial charge in [0.25, 0.3) is 10.1 Å². The predicted molar refractivity (Wildman–Crippen MR) is 117 cm³/mol. The molecule has 0 spiro atoms. The fourth-order valence-electron chi connectivity index (χ4n) is 3.55. The average Bonchev–Trinajstić information content (AvgIpc) is 2.60. The number of allylic oxidation sites excluding steroid dienone is 1. The number of ether oxygens (including phenoxy) is 2. The number of fused-ring (bicyclic) bond motifs is 1. The summed E-state index contributed by atoms with van der Waals surface area (Å²) in [4.78, 5) is 0. The lowest BCUT2D eigenvalue weighted by Crippen LogP contribution is -2.34. The van der Waals surface area contributed by atoms with Gasteiger partial charge in [-0.05, 0) is 67.9 Å². The normalized spacial score (nSPS) is 20.5. The Morgan fingerprint density at radius 1 is 1.28 bits per heavy atom. The van der Waals surface area contributed by atoms with Crippen LogP contribution < -0.4 is 9.47 Å². The Morgan fingerprint density at radius 2 is 2.03 bits per heavy atom. The third-order valence-corrected chi connectivity index (χ3v) is 6.05. The molecule has 0 saturated carbocycles. The van der Waals surface area contributed by atoms with E-state index in [2.05, 4.69) is 39.8 Å². The van der Waals surface area contributed by atoms with E-state index < -0.39 is 15.9 Å². The summed E-state index contributed by atoms with van der Waals surface area (Å²) in [6.45, 7) is 8.91. The van der Waals surface area contributed by atoms with Crippen molar-refractivity contribution in [2.75, 3.05) is 12.4 Å². The lowest BCUT2D eigenvalue weighted by atomic mass is 9.91. The molecule has 0 bridgehead atoms. The SMILES string of the molecule is CC(C)CCCC(C)CC=CC1(C)CCc2cc(OCCS(=O)(=O)O)ccc2O1. The van der Waals surface area contributed by atoms with Crippen LogP contribution in [-0.4, -0.2) is 30.9 Å². The molecule has 1 aliphatic heterocycles. The van der Waals surface area contributed by atoms with Gasteiger partial charge in [-0.3, -0.25) is 4.55 Å². The molecule has 0 fully saturated rings. The molecule has 164 valence electrons. The molecule has 1 aromatic rings. The van der Waals surface area contributed by atoms with E-state index in [4.69, 9.17) is 14.0 Å². The number of aryl methyl sites for hydroxylation is 1. The first kappa shape index (κ1) is 23.7. The van der Waals surface area contributed by atoms with E-state index in [-0.39, 0.29) is 12.2 Å². The van der Waals surface area contributed by atoms with Crippen molar-refractivity contribution in [2.45, 2.75) is 71.8 Å². The van der Waals surface area contributed by atoms with Crippen LogP contribution in [0.5, 0.6) is 11.5 Å². The highest BCUT2D eigenvalue weighted by Crippen LogP contribution is 2.36. The standard InChI is InChI=1S/C23H36O5S/c1-18(2)7-5-8-19(3)9-6-13-23(4)14-12-20-17-21(10-11-22(20)28-23)27-15-16-29(24,25)26/h6,10-11,13,17-19H,5,7-9,12,14-16H2,1-4H3,(H,24,25,26). The van der Waals surface area contributed by atoms with Gasteiger partial charge in [-0.15, -0.1) is 0 Å². The second kappa shape index (κ2) is 10.5. The van der Waals surface area contributed by atoms with Crippen LogP contribution in [0.1, 0.15) is 65.4 Å². The summed E-state index contributed by atoms with van der Waals surface area (Å²) in [6.07, 6.45) is 11.1. The van der Waals surface area contributed by atoms with Gasteiger partial charge in [-0.2, -0.15) is 8.42 Å². The molecule has 6 heteroatoms. The molecule has 1 N–H and O–H groups in total. The van der Waals surface area contributed by atoms with Crippen LogP contribution in [0.2, 0.25) is 0 Å². The second-order valence-corrected chi connectivity index (χ2v) is 10.5. The van der Waals surface area contributed by atoms with Crippen LogP contribution in [0.25, 0.3) is 0 Å². The molecule has 5 nitrogen and oxygen atoms in total.